The van der Waals surface area contributed by atoms with E-state index in [9.17, 15) is 0 Å². The molecule has 3 aromatic rings. The SMILES string of the molecule is COc1ccc2c(c1)-c1ccccc1/C2=C\c1ccccc1. The van der Waals surface area contributed by atoms with Gasteiger partial charge in [-0.15, -0.1) is 0 Å². The Morgan fingerprint density at radius 2 is 1.36 bits per heavy atom. The Bertz CT molecular complexity index is 860. The van der Waals surface area contributed by atoms with Crippen molar-refractivity contribution in [3.63, 3.8) is 0 Å². The molecule has 1 heteroatoms. The lowest BCUT2D eigenvalue weighted by Gasteiger charge is -2.05. The van der Waals surface area contributed by atoms with Gasteiger partial charge >= 0.3 is 0 Å². The molecule has 106 valence electrons. The van der Waals surface area contributed by atoms with Gasteiger partial charge in [0.25, 0.3) is 0 Å². The quantitative estimate of drug-likeness (QED) is 0.487. The van der Waals surface area contributed by atoms with E-state index in [0.717, 1.165) is 5.75 Å². The smallest absolute Gasteiger partial charge is 0.119 e. The molecule has 0 saturated heterocycles. The molecule has 0 aromatic heterocycles. The van der Waals surface area contributed by atoms with Gasteiger partial charge in [0.05, 0.1) is 7.11 Å². The van der Waals surface area contributed by atoms with Gasteiger partial charge in [-0.1, -0.05) is 60.7 Å². The van der Waals surface area contributed by atoms with Crippen LogP contribution in [0.5, 0.6) is 5.75 Å². The van der Waals surface area contributed by atoms with Gasteiger partial charge in [-0.25, -0.2) is 0 Å². The normalized spacial score (nSPS) is 13.8. The van der Waals surface area contributed by atoms with Crippen LogP contribution in [0.15, 0.2) is 72.8 Å². The van der Waals surface area contributed by atoms with Crippen LogP contribution in [-0.4, -0.2) is 7.11 Å². The Balaban J connectivity index is 1.96. The number of methoxy groups -OCH3 is 1. The maximum atomic E-state index is 5.39. The van der Waals surface area contributed by atoms with Crippen molar-refractivity contribution in [1.29, 1.82) is 0 Å². The molecular formula is C21H16O. The Hall–Kier alpha value is -2.80. The van der Waals surface area contributed by atoms with Gasteiger partial charge in [0.1, 0.15) is 5.75 Å². The lowest BCUT2D eigenvalue weighted by molar-refractivity contribution is 0.415. The minimum absolute atomic E-state index is 0.898. The molecule has 0 unspecified atom stereocenters. The van der Waals surface area contributed by atoms with Gasteiger partial charge in [-0.3, -0.25) is 0 Å². The molecule has 1 aliphatic rings. The molecule has 4 rings (SSSR count). The number of rotatable bonds is 2. The van der Waals surface area contributed by atoms with Crippen molar-refractivity contribution in [2.75, 3.05) is 7.11 Å². The first-order valence-electron chi connectivity index (χ1n) is 7.42. The van der Waals surface area contributed by atoms with E-state index < -0.39 is 0 Å². The maximum absolute atomic E-state index is 5.39. The third kappa shape index (κ3) is 2.03. The summed E-state index contributed by atoms with van der Waals surface area (Å²) in [5, 5.41) is 0. The highest BCUT2D eigenvalue weighted by molar-refractivity contribution is 6.06. The van der Waals surface area contributed by atoms with E-state index in [1.807, 2.05) is 12.1 Å². The van der Waals surface area contributed by atoms with Gasteiger partial charge < -0.3 is 4.74 Å². The molecule has 0 fully saturated rings. The molecule has 1 nitrogen and oxygen atoms in total. The van der Waals surface area contributed by atoms with E-state index in [0.29, 0.717) is 0 Å². The molecule has 0 N–H and O–H groups in total. The van der Waals surface area contributed by atoms with Crippen molar-refractivity contribution in [1.82, 2.24) is 0 Å². The predicted molar refractivity (Wildman–Crippen MR) is 91.8 cm³/mol. The van der Waals surface area contributed by atoms with Crippen LogP contribution in [0.2, 0.25) is 0 Å². The number of hydrogen-bond acceptors (Lipinski definition) is 1. The van der Waals surface area contributed by atoms with Crippen LogP contribution in [0.3, 0.4) is 0 Å². The minimum Gasteiger partial charge on any atom is -0.497 e. The van der Waals surface area contributed by atoms with E-state index in [4.69, 9.17) is 4.74 Å². The highest BCUT2D eigenvalue weighted by atomic mass is 16.5. The van der Waals surface area contributed by atoms with Gasteiger partial charge in [0, 0.05) is 0 Å². The van der Waals surface area contributed by atoms with Crippen LogP contribution in [0, 0.1) is 0 Å². The van der Waals surface area contributed by atoms with E-state index in [1.54, 1.807) is 7.11 Å². The Kier molecular flexibility index (Phi) is 3.05. The van der Waals surface area contributed by atoms with Crippen LogP contribution in [0.25, 0.3) is 22.8 Å². The zero-order valence-electron chi connectivity index (χ0n) is 12.4. The average molecular weight is 284 g/mol. The summed E-state index contributed by atoms with van der Waals surface area (Å²) in [6.07, 6.45) is 2.26. The maximum Gasteiger partial charge on any atom is 0.119 e. The van der Waals surface area contributed by atoms with Crippen molar-refractivity contribution >= 4 is 11.6 Å². The molecule has 0 heterocycles. The molecule has 0 aliphatic heterocycles. The fourth-order valence-corrected chi connectivity index (χ4v) is 3.08. The zero-order valence-corrected chi connectivity index (χ0v) is 12.4. The Morgan fingerprint density at radius 3 is 2.14 bits per heavy atom. The van der Waals surface area contributed by atoms with E-state index in [2.05, 4.69) is 66.7 Å². The summed E-state index contributed by atoms with van der Waals surface area (Å²) in [7, 11) is 1.71. The molecule has 0 radical (unpaired) electrons. The molecule has 0 amide bonds. The van der Waals surface area contributed by atoms with E-state index in [-0.39, 0.29) is 0 Å². The predicted octanol–water partition coefficient (Wildman–Crippen LogP) is 5.26. The Morgan fingerprint density at radius 1 is 0.682 bits per heavy atom. The topological polar surface area (TPSA) is 9.23 Å². The zero-order chi connectivity index (χ0) is 14.9. The average Bonchev–Trinajstić information content (AvgIpc) is 2.89. The van der Waals surface area contributed by atoms with Gasteiger partial charge in [0.2, 0.25) is 0 Å². The first kappa shape index (κ1) is 12.9. The van der Waals surface area contributed by atoms with E-state index in [1.165, 1.54) is 33.4 Å². The third-order valence-corrected chi connectivity index (χ3v) is 4.13. The first-order valence-corrected chi connectivity index (χ1v) is 7.42. The molecule has 0 saturated carbocycles. The summed E-state index contributed by atoms with van der Waals surface area (Å²) in [4.78, 5) is 0. The second-order valence-corrected chi connectivity index (χ2v) is 5.43. The first-order chi connectivity index (χ1) is 10.9. The van der Waals surface area contributed by atoms with Crippen LogP contribution in [0.1, 0.15) is 16.7 Å². The van der Waals surface area contributed by atoms with E-state index >= 15 is 0 Å². The molecule has 3 aromatic carbocycles. The standard InChI is InChI=1S/C21H16O/c1-22-16-11-12-19-20(13-15-7-3-2-4-8-15)17-9-5-6-10-18(17)21(19)14-16/h2-14H,1H3/b20-13+. The summed E-state index contributed by atoms with van der Waals surface area (Å²) < 4.78 is 5.39. The summed E-state index contributed by atoms with van der Waals surface area (Å²) in [6.45, 7) is 0. The second-order valence-electron chi connectivity index (χ2n) is 5.43. The molecule has 22 heavy (non-hydrogen) atoms. The number of hydrogen-bond donors (Lipinski definition) is 0. The number of benzene rings is 3. The summed E-state index contributed by atoms with van der Waals surface area (Å²) in [5.41, 5.74) is 7.58. The van der Waals surface area contributed by atoms with Crippen LogP contribution >= 0.6 is 0 Å². The van der Waals surface area contributed by atoms with Crippen molar-refractivity contribution in [2.24, 2.45) is 0 Å². The van der Waals surface area contributed by atoms with Gasteiger partial charge in [0.15, 0.2) is 0 Å². The molecule has 0 atom stereocenters. The highest BCUT2D eigenvalue weighted by Gasteiger charge is 2.23. The van der Waals surface area contributed by atoms with Gasteiger partial charge in [-0.2, -0.15) is 0 Å². The molecule has 0 spiro atoms. The highest BCUT2D eigenvalue weighted by Crippen LogP contribution is 2.46. The largest absolute Gasteiger partial charge is 0.497 e. The third-order valence-electron chi connectivity index (χ3n) is 4.13. The fourth-order valence-electron chi connectivity index (χ4n) is 3.08. The van der Waals surface area contributed by atoms with Crippen LogP contribution < -0.4 is 4.74 Å². The second kappa shape index (κ2) is 5.19. The van der Waals surface area contributed by atoms with Crippen molar-refractivity contribution in [3.8, 4) is 16.9 Å². The number of fused-ring (bicyclic) bond motifs is 3. The molecular weight excluding hydrogens is 268 g/mol. The fraction of sp³-hybridized carbons (Fsp3) is 0.0476. The molecule has 1 aliphatic carbocycles. The lowest BCUT2D eigenvalue weighted by Crippen LogP contribution is -1.85. The van der Waals surface area contributed by atoms with Crippen molar-refractivity contribution < 1.29 is 4.74 Å². The summed E-state index contributed by atoms with van der Waals surface area (Å²) in [6, 6.07) is 25.3. The van der Waals surface area contributed by atoms with Gasteiger partial charge in [-0.05, 0) is 51.6 Å². The summed E-state index contributed by atoms with van der Waals surface area (Å²) in [5.74, 6) is 0.898. The minimum atomic E-state index is 0.898. The Labute approximate surface area is 130 Å². The van der Waals surface area contributed by atoms with Crippen LogP contribution in [0.4, 0.5) is 0 Å². The summed E-state index contributed by atoms with van der Waals surface area (Å²) >= 11 is 0. The number of ether oxygens (including phenoxy) is 1. The molecule has 0 bridgehead atoms. The van der Waals surface area contributed by atoms with Crippen molar-refractivity contribution in [3.05, 3.63) is 89.5 Å². The van der Waals surface area contributed by atoms with Crippen LogP contribution in [-0.2, 0) is 0 Å². The monoisotopic (exact) mass is 284 g/mol. The lowest BCUT2D eigenvalue weighted by atomic mass is 10.0. The van der Waals surface area contributed by atoms with Crippen molar-refractivity contribution in [2.45, 2.75) is 0 Å².